The summed E-state index contributed by atoms with van der Waals surface area (Å²) in [4.78, 5) is 37.5. The zero-order valence-corrected chi connectivity index (χ0v) is 17.2. The maximum absolute atomic E-state index is 13.0. The van der Waals surface area contributed by atoms with Crippen molar-refractivity contribution in [3.05, 3.63) is 47.9 Å². The van der Waals surface area contributed by atoms with Crippen LogP contribution in [-0.2, 0) is 0 Å². The first-order valence-electron chi connectivity index (χ1n) is 10.5. The zero-order chi connectivity index (χ0) is 20.5. The monoisotopic (exact) mass is 403 g/mol. The summed E-state index contributed by atoms with van der Waals surface area (Å²) in [5.74, 6) is 1.82. The number of hydrogen-bond donors (Lipinski definition) is 0. The van der Waals surface area contributed by atoms with Crippen molar-refractivity contribution in [3.63, 3.8) is 0 Å². The Labute approximate surface area is 175 Å². The summed E-state index contributed by atoms with van der Waals surface area (Å²) in [6.07, 6.45) is 5.75. The van der Waals surface area contributed by atoms with Crippen LogP contribution < -0.4 is 9.80 Å². The third-order valence-electron chi connectivity index (χ3n) is 5.82. The molecule has 1 aromatic carbocycles. The molecule has 0 aliphatic carbocycles. The van der Waals surface area contributed by atoms with E-state index in [4.69, 9.17) is 4.98 Å². The van der Waals surface area contributed by atoms with E-state index >= 15 is 0 Å². The average Bonchev–Trinajstić information content (AvgIpc) is 3.33. The summed E-state index contributed by atoms with van der Waals surface area (Å²) in [6.45, 7) is 6.89. The molecule has 4 heterocycles. The van der Waals surface area contributed by atoms with Crippen LogP contribution >= 0.6 is 0 Å². The predicted molar refractivity (Wildman–Crippen MR) is 116 cm³/mol. The average molecular weight is 403 g/mol. The highest BCUT2D eigenvalue weighted by Gasteiger charge is 2.25. The number of nitrogens with zero attached hydrogens (tertiary/aromatic N) is 7. The van der Waals surface area contributed by atoms with Crippen molar-refractivity contribution in [1.82, 2.24) is 24.8 Å². The number of benzene rings is 1. The molecule has 2 aliphatic heterocycles. The number of anilines is 2. The van der Waals surface area contributed by atoms with Crippen LogP contribution in [0.25, 0.3) is 11.0 Å². The highest BCUT2D eigenvalue weighted by atomic mass is 16.2. The van der Waals surface area contributed by atoms with Crippen LogP contribution in [0.15, 0.2) is 36.7 Å². The summed E-state index contributed by atoms with van der Waals surface area (Å²) in [5.41, 5.74) is 3.17. The van der Waals surface area contributed by atoms with Gasteiger partial charge in [0, 0.05) is 69.0 Å². The lowest BCUT2D eigenvalue weighted by Gasteiger charge is -2.35. The van der Waals surface area contributed by atoms with E-state index < -0.39 is 0 Å². The Morgan fingerprint density at radius 1 is 0.833 bits per heavy atom. The molecule has 30 heavy (non-hydrogen) atoms. The molecule has 2 fully saturated rings. The van der Waals surface area contributed by atoms with Crippen molar-refractivity contribution in [2.75, 3.05) is 49.1 Å². The minimum absolute atomic E-state index is 0.0325. The molecule has 154 valence electrons. The minimum atomic E-state index is 0.0325. The molecule has 1 amide bonds. The second-order valence-electron chi connectivity index (χ2n) is 7.90. The van der Waals surface area contributed by atoms with E-state index in [-0.39, 0.29) is 5.91 Å². The van der Waals surface area contributed by atoms with Crippen molar-refractivity contribution in [3.8, 4) is 0 Å². The Morgan fingerprint density at radius 3 is 2.33 bits per heavy atom. The Bertz CT molecular complexity index is 1070. The molecule has 2 aromatic heterocycles. The Kier molecular flexibility index (Phi) is 4.90. The van der Waals surface area contributed by atoms with E-state index in [1.54, 1.807) is 12.4 Å². The van der Waals surface area contributed by atoms with Gasteiger partial charge in [0.25, 0.3) is 5.91 Å². The molecule has 2 aliphatic rings. The summed E-state index contributed by atoms with van der Waals surface area (Å²) in [6, 6.07) is 7.57. The van der Waals surface area contributed by atoms with E-state index in [1.807, 2.05) is 30.0 Å². The summed E-state index contributed by atoms with van der Waals surface area (Å²) >= 11 is 0. The van der Waals surface area contributed by atoms with Gasteiger partial charge in [-0.1, -0.05) is 0 Å². The third kappa shape index (κ3) is 3.65. The maximum atomic E-state index is 13.0. The number of carbonyl (C=O) groups is 1. The highest BCUT2D eigenvalue weighted by Crippen LogP contribution is 2.22. The predicted octanol–water partition coefficient (Wildman–Crippen LogP) is 2.29. The SMILES string of the molecule is Cc1cc(N2CCCC2)nc(N2CCN(C(=O)c3ccc4nccnc4c3)CC2)n1. The molecule has 0 atom stereocenters. The van der Waals surface area contributed by atoms with Gasteiger partial charge in [-0.25, -0.2) is 4.98 Å². The first-order valence-corrected chi connectivity index (χ1v) is 10.5. The minimum Gasteiger partial charge on any atom is -0.356 e. The van der Waals surface area contributed by atoms with E-state index in [2.05, 4.69) is 30.8 Å². The van der Waals surface area contributed by atoms with Crippen molar-refractivity contribution in [2.45, 2.75) is 19.8 Å². The number of hydrogen-bond acceptors (Lipinski definition) is 7. The van der Waals surface area contributed by atoms with Gasteiger partial charge in [0.1, 0.15) is 5.82 Å². The van der Waals surface area contributed by atoms with Gasteiger partial charge in [-0.15, -0.1) is 0 Å². The van der Waals surface area contributed by atoms with Gasteiger partial charge in [0.2, 0.25) is 5.95 Å². The van der Waals surface area contributed by atoms with Gasteiger partial charge in [-0.3, -0.25) is 14.8 Å². The highest BCUT2D eigenvalue weighted by molar-refractivity contribution is 5.97. The number of carbonyl (C=O) groups excluding carboxylic acids is 1. The molecule has 0 radical (unpaired) electrons. The van der Waals surface area contributed by atoms with Gasteiger partial charge in [-0.2, -0.15) is 4.98 Å². The van der Waals surface area contributed by atoms with Crippen molar-refractivity contribution in [2.24, 2.45) is 0 Å². The van der Waals surface area contributed by atoms with Crippen LogP contribution in [0.5, 0.6) is 0 Å². The van der Waals surface area contributed by atoms with E-state index in [1.165, 1.54) is 12.8 Å². The van der Waals surface area contributed by atoms with Crippen LogP contribution in [-0.4, -0.2) is 70.0 Å². The summed E-state index contributed by atoms with van der Waals surface area (Å²) < 4.78 is 0. The van der Waals surface area contributed by atoms with Crippen molar-refractivity contribution >= 4 is 28.7 Å². The van der Waals surface area contributed by atoms with Crippen LogP contribution in [0.4, 0.5) is 11.8 Å². The number of amides is 1. The normalized spacial score (nSPS) is 17.0. The number of fused-ring (bicyclic) bond motifs is 1. The lowest BCUT2D eigenvalue weighted by Crippen LogP contribution is -2.49. The first kappa shape index (κ1) is 18.7. The molecule has 2 saturated heterocycles. The number of piperazine rings is 1. The zero-order valence-electron chi connectivity index (χ0n) is 17.2. The Morgan fingerprint density at radius 2 is 1.57 bits per heavy atom. The van der Waals surface area contributed by atoms with Crippen molar-refractivity contribution < 1.29 is 4.79 Å². The first-order chi connectivity index (χ1) is 14.7. The fraction of sp³-hybridized carbons (Fsp3) is 0.409. The van der Waals surface area contributed by atoms with E-state index in [0.29, 0.717) is 18.7 Å². The van der Waals surface area contributed by atoms with Crippen molar-refractivity contribution in [1.29, 1.82) is 0 Å². The maximum Gasteiger partial charge on any atom is 0.254 e. The Hall–Kier alpha value is -3.29. The molecular formula is C22H25N7O. The smallest absolute Gasteiger partial charge is 0.254 e. The van der Waals surface area contributed by atoms with Crippen LogP contribution in [0.3, 0.4) is 0 Å². The standard InChI is InChI=1S/C22H25N7O/c1-16-14-20(27-8-2-3-9-27)26-22(25-16)29-12-10-28(11-13-29)21(30)17-4-5-18-19(15-17)24-7-6-23-18/h4-7,14-15H,2-3,8-13H2,1H3. The molecule has 5 rings (SSSR count). The second kappa shape index (κ2) is 7.85. The van der Waals surface area contributed by atoms with Crippen LogP contribution in [0.1, 0.15) is 28.9 Å². The second-order valence-corrected chi connectivity index (χ2v) is 7.90. The number of aryl methyl sites for hydroxylation is 1. The molecule has 0 N–H and O–H groups in total. The fourth-order valence-corrected chi connectivity index (χ4v) is 4.17. The third-order valence-corrected chi connectivity index (χ3v) is 5.82. The van der Waals surface area contributed by atoms with E-state index in [9.17, 15) is 4.79 Å². The molecule has 8 nitrogen and oxygen atoms in total. The number of aromatic nitrogens is 4. The lowest BCUT2D eigenvalue weighted by atomic mass is 10.1. The molecule has 0 spiro atoms. The van der Waals surface area contributed by atoms with Gasteiger partial charge in [0.05, 0.1) is 11.0 Å². The quantitative estimate of drug-likeness (QED) is 0.664. The Balaban J connectivity index is 1.28. The molecule has 0 unspecified atom stereocenters. The fourth-order valence-electron chi connectivity index (χ4n) is 4.17. The van der Waals surface area contributed by atoms with Gasteiger partial charge in [0.15, 0.2) is 0 Å². The number of rotatable bonds is 3. The molecule has 0 bridgehead atoms. The van der Waals surface area contributed by atoms with Gasteiger partial charge < -0.3 is 14.7 Å². The topological polar surface area (TPSA) is 78.4 Å². The molecule has 3 aromatic rings. The summed E-state index contributed by atoms with van der Waals surface area (Å²) in [5, 5.41) is 0. The lowest BCUT2D eigenvalue weighted by molar-refractivity contribution is 0.0746. The van der Waals surface area contributed by atoms with E-state index in [0.717, 1.165) is 54.7 Å². The van der Waals surface area contributed by atoms with Gasteiger partial charge >= 0.3 is 0 Å². The van der Waals surface area contributed by atoms with Crippen LogP contribution in [0, 0.1) is 6.92 Å². The van der Waals surface area contributed by atoms with Gasteiger partial charge in [-0.05, 0) is 38.0 Å². The largest absolute Gasteiger partial charge is 0.356 e. The molecule has 8 heteroatoms. The molecular weight excluding hydrogens is 378 g/mol. The molecule has 0 saturated carbocycles. The summed E-state index contributed by atoms with van der Waals surface area (Å²) in [7, 11) is 0. The van der Waals surface area contributed by atoms with Crippen LogP contribution in [0.2, 0.25) is 0 Å².